The minimum Gasteiger partial charge on any atom is -0.469 e. The number of fused-ring (bicyclic) bond motifs is 1. The third kappa shape index (κ3) is 5.18. The van der Waals surface area contributed by atoms with Crippen LogP contribution in [0.3, 0.4) is 0 Å². The Hall–Kier alpha value is -4.15. The van der Waals surface area contributed by atoms with Crippen molar-refractivity contribution in [2.75, 3.05) is 11.9 Å². The lowest BCUT2D eigenvalue weighted by molar-refractivity contribution is 0.144. The number of hydrogen-bond acceptors (Lipinski definition) is 6. The predicted octanol–water partition coefficient (Wildman–Crippen LogP) is 4.49. The van der Waals surface area contributed by atoms with E-state index in [4.69, 9.17) is 10.00 Å². The van der Waals surface area contributed by atoms with Crippen LogP contribution in [0.4, 0.5) is 5.69 Å². The van der Waals surface area contributed by atoms with E-state index in [-0.39, 0.29) is 18.2 Å². The standard InChI is InChI=1S/C28H28N6O/c1-19(12-20-8-10-21(14-29)11-9-20)33-27(22-6-4-3-5-7-22)26-17-30-25-13-23(15-31-28(25)35-26)24-16-32-34(2)18-24/h3-11,13,15-16,18-19,26-27,30,33H,12,17H2,1-2H3/t19-,26+,27-/m1/s1. The van der Waals surface area contributed by atoms with E-state index in [0.29, 0.717) is 18.0 Å². The summed E-state index contributed by atoms with van der Waals surface area (Å²) in [7, 11) is 1.90. The molecule has 3 heterocycles. The van der Waals surface area contributed by atoms with Crippen LogP contribution in [0.2, 0.25) is 0 Å². The number of rotatable bonds is 7. The first-order valence-corrected chi connectivity index (χ1v) is 11.8. The number of nitrogens with one attached hydrogen (secondary N) is 2. The van der Waals surface area contributed by atoms with Gasteiger partial charge in [0.15, 0.2) is 0 Å². The van der Waals surface area contributed by atoms with Gasteiger partial charge in [-0.2, -0.15) is 10.4 Å². The van der Waals surface area contributed by atoms with E-state index < -0.39 is 0 Å². The Morgan fingerprint density at radius 3 is 2.66 bits per heavy atom. The molecule has 0 radical (unpaired) electrons. The van der Waals surface area contributed by atoms with Crippen molar-refractivity contribution < 1.29 is 4.74 Å². The lowest BCUT2D eigenvalue weighted by Gasteiger charge is -2.35. The van der Waals surface area contributed by atoms with Crippen molar-refractivity contribution in [2.24, 2.45) is 7.05 Å². The van der Waals surface area contributed by atoms with Gasteiger partial charge in [-0.1, -0.05) is 42.5 Å². The molecule has 4 aromatic rings. The smallest absolute Gasteiger partial charge is 0.237 e. The van der Waals surface area contributed by atoms with Gasteiger partial charge in [-0.3, -0.25) is 4.68 Å². The van der Waals surface area contributed by atoms with Crippen LogP contribution in [0.5, 0.6) is 5.88 Å². The van der Waals surface area contributed by atoms with Gasteiger partial charge in [0.2, 0.25) is 5.88 Å². The zero-order valence-corrected chi connectivity index (χ0v) is 19.8. The van der Waals surface area contributed by atoms with Crippen molar-refractivity contribution in [3.63, 3.8) is 0 Å². The third-order valence-corrected chi connectivity index (χ3v) is 6.27. The Morgan fingerprint density at radius 2 is 1.94 bits per heavy atom. The van der Waals surface area contributed by atoms with E-state index >= 15 is 0 Å². The third-order valence-electron chi connectivity index (χ3n) is 6.27. The van der Waals surface area contributed by atoms with Crippen molar-refractivity contribution in [1.82, 2.24) is 20.1 Å². The van der Waals surface area contributed by atoms with Crippen LogP contribution in [-0.4, -0.2) is 33.5 Å². The van der Waals surface area contributed by atoms with E-state index in [1.807, 2.05) is 56.0 Å². The molecule has 5 rings (SSSR count). The molecular weight excluding hydrogens is 436 g/mol. The van der Waals surface area contributed by atoms with Gasteiger partial charge in [0.05, 0.1) is 36.1 Å². The van der Waals surface area contributed by atoms with Gasteiger partial charge >= 0.3 is 0 Å². The molecular formula is C28H28N6O. The fraction of sp³-hybridized carbons (Fsp3) is 0.250. The van der Waals surface area contributed by atoms with Crippen molar-refractivity contribution in [1.29, 1.82) is 5.26 Å². The zero-order valence-electron chi connectivity index (χ0n) is 19.8. The largest absolute Gasteiger partial charge is 0.469 e. The van der Waals surface area contributed by atoms with Gasteiger partial charge in [0, 0.05) is 36.6 Å². The second kappa shape index (κ2) is 10.00. The molecule has 0 saturated carbocycles. The number of anilines is 1. The summed E-state index contributed by atoms with van der Waals surface area (Å²) < 4.78 is 8.21. The maximum Gasteiger partial charge on any atom is 0.237 e. The molecule has 7 heteroatoms. The lowest BCUT2D eigenvalue weighted by Crippen LogP contribution is -2.45. The highest BCUT2D eigenvalue weighted by Crippen LogP contribution is 2.34. The van der Waals surface area contributed by atoms with Crippen LogP contribution in [0.15, 0.2) is 79.3 Å². The van der Waals surface area contributed by atoms with Crippen molar-refractivity contribution in [2.45, 2.75) is 31.5 Å². The molecule has 2 N–H and O–H groups in total. The highest BCUT2D eigenvalue weighted by Gasteiger charge is 2.31. The number of ether oxygens (including phenoxy) is 1. The van der Waals surface area contributed by atoms with Crippen LogP contribution < -0.4 is 15.4 Å². The molecule has 0 spiro atoms. The average Bonchev–Trinajstić information content (AvgIpc) is 3.34. The van der Waals surface area contributed by atoms with E-state index in [1.54, 1.807) is 4.68 Å². The van der Waals surface area contributed by atoms with Gasteiger partial charge in [0.1, 0.15) is 6.10 Å². The van der Waals surface area contributed by atoms with Crippen molar-refractivity contribution in [3.8, 4) is 23.1 Å². The summed E-state index contributed by atoms with van der Waals surface area (Å²) in [6.07, 6.45) is 6.35. The number of aryl methyl sites for hydroxylation is 1. The molecule has 1 aliphatic heterocycles. The molecule has 0 unspecified atom stereocenters. The summed E-state index contributed by atoms with van der Waals surface area (Å²) in [5.41, 5.74) is 5.94. The quantitative estimate of drug-likeness (QED) is 0.419. The summed E-state index contributed by atoms with van der Waals surface area (Å²) in [6, 6.07) is 22.6. The molecule has 2 aromatic heterocycles. The number of pyridine rings is 1. The second-order valence-electron chi connectivity index (χ2n) is 8.99. The summed E-state index contributed by atoms with van der Waals surface area (Å²) >= 11 is 0. The molecule has 176 valence electrons. The zero-order chi connectivity index (χ0) is 24.2. The van der Waals surface area contributed by atoms with Crippen LogP contribution >= 0.6 is 0 Å². The first kappa shape index (κ1) is 22.6. The Balaban J connectivity index is 1.34. The molecule has 7 nitrogen and oxygen atoms in total. The summed E-state index contributed by atoms with van der Waals surface area (Å²) in [5, 5.41) is 20.6. The molecule has 1 aliphatic rings. The highest BCUT2D eigenvalue weighted by molar-refractivity contribution is 5.69. The van der Waals surface area contributed by atoms with Crippen LogP contribution in [0.1, 0.15) is 29.7 Å². The maximum atomic E-state index is 9.05. The van der Waals surface area contributed by atoms with Crippen molar-refractivity contribution in [3.05, 3.63) is 95.9 Å². The number of nitrogens with zero attached hydrogens (tertiary/aromatic N) is 4. The maximum absolute atomic E-state index is 9.05. The Bertz CT molecular complexity index is 1330. The predicted molar refractivity (Wildman–Crippen MR) is 136 cm³/mol. The van der Waals surface area contributed by atoms with Gasteiger partial charge in [-0.25, -0.2) is 4.98 Å². The summed E-state index contributed by atoms with van der Waals surface area (Å²) in [6.45, 7) is 2.83. The fourth-order valence-corrected chi connectivity index (χ4v) is 4.50. The molecule has 0 saturated heterocycles. The molecule has 0 fully saturated rings. The molecule has 35 heavy (non-hydrogen) atoms. The highest BCUT2D eigenvalue weighted by atomic mass is 16.5. The van der Waals surface area contributed by atoms with Crippen LogP contribution in [0.25, 0.3) is 11.1 Å². The Kier molecular flexibility index (Phi) is 6.47. The SMILES string of the molecule is C[C@H](Cc1ccc(C#N)cc1)N[C@H](c1ccccc1)[C@@H]1CNc2cc(-c3cnn(C)c3)cnc2O1. The summed E-state index contributed by atoms with van der Waals surface area (Å²) in [4.78, 5) is 4.62. The molecule has 2 aromatic carbocycles. The van der Waals surface area contributed by atoms with Gasteiger partial charge in [-0.15, -0.1) is 0 Å². The first-order chi connectivity index (χ1) is 17.1. The first-order valence-electron chi connectivity index (χ1n) is 11.8. The molecule has 3 atom stereocenters. The van der Waals surface area contributed by atoms with E-state index in [0.717, 1.165) is 23.2 Å². The van der Waals surface area contributed by atoms with Crippen molar-refractivity contribution >= 4 is 5.69 Å². The number of hydrogen-bond donors (Lipinski definition) is 2. The summed E-state index contributed by atoms with van der Waals surface area (Å²) in [5.74, 6) is 0.608. The lowest BCUT2D eigenvalue weighted by atomic mass is 9.97. The van der Waals surface area contributed by atoms with E-state index in [9.17, 15) is 0 Å². The van der Waals surface area contributed by atoms with Crippen LogP contribution in [0, 0.1) is 11.3 Å². The van der Waals surface area contributed by atoms with E-state index in [1.165, 1.54) is 11.1 Å². The average molecular weight is 465 g/mol. The Morgan fingerprint density at radius 1 is 1.14 bits per heavy atom. The fourth-order valence-electron chi connectivity index (χ4n) is 4.50. The van der Waals surface area contributed by atoms with E-state index in [2.05, 4.69) is 64.0 Å². The minimum atomic E-state index is -0.134. The Labute approximate surface area is 205 Å². The molecule has 0 bridgehead atoms. The van der Waals surface area contributed by atoms with Gasteiger partial charge in [-0.05, 0) is 42.7 Å². The van der Waals surface area contributed by atoms with Gasteiger partial charge in [0.25, 0.3) is 0 Å². The van der Waals surface area contributed by atoms with Crippen LogP contribution in [-0.2, 0) is 13.5 Å². The second-order valence-corrected chi connectivity index (χ2v) is 8.99. The normalized spacial score (nSPS) is 16.3. The minimum absolute atomic E-state index is 0.0231. The molecule has 0 aliphatic carbocycles. The topological polar surface area (TPSA) is 87.8 Å². The number of nitriles is 1. The number of aromatic nitrogens is 3. The van der Waals surface area contributed by atoms with Gasteiger partial charge < -0.3 is 15.4 Å². The number of benzene rings is 2. The monoisotopic (exact) mass is 464 g/mol. The molecule has 0 amide bonds.